The molecule has 1 heterocycles. The predicted octanol–water partition coefficient (Wildman–Crippen LogP) is 3.24. The van der Waals surface area contributed by atoms with Crippen LogP contribution in [-0.4, -0.2) is 17.5 Å². The van der Waals surface area contributed by atoms with Gasteiger partial charge in [-0.05, 0) is 18.9 Å². The summed E-state index contributed by atoms with van der Waals surface area (Å²) in [5.74, 6) is 7.54. The van der Waals surface area contributed by atoms with Gasteiger partial charge >= 0.3 is 0 Å². The molecule has 86 valence electrons. The Morgan fingerprint density at radius 1 is 1.44 bits per heavy atom. The van der Waals surface area contributed by atoms with Crippen molar-refractivity contribution in [2.24, 2.45) is 0 Å². The maximum atomic E-state index is 5.57. The average Bonchev–Trinajstić information content (AvgIpc) is 2.33. The minimum absolute atomic E-state index is 0.659. The highest BCUT2D eigenvalue weighted by atomic mass is 35.5. The molecular weight excluding hydrogens is 222 g/mol. The number of alkyl halides is 1. The van der Waals surface area contributed by atoms with Crippen molar-refractivity contribution in [2.45, 2.75) is 26.2 Å². The second kappa shape index (κ2) is 8.01. The van der Waals surface area contributed by atoms with Gasteiger partial charge in [0.25, 0.3) is 0 Å². The Morgan fingerprint density at radius 2 is 2.31 bits per heavy atom. The summed E-state index contributed by atoms with van der Waals surface area (Å²) in [5.41, 5.74) is 0.892. The molecule has 0 spiro atoms. The third-order valence-corrected chi connectivity index (χ3v) is 2.12. The summed E-state index contributed by atoms with van der Waals surface area (Å²) < 4.78 is 5.47. The Bertz CT molecular complexity index is 368. The smallest absolute Gasteiger partial charge is 0.138 e. The molecule has 0 saturated heterocycles. The van der Waals surface area contributed by atoms with Crippen molar-refractivity contribution in [3.8, 4) is 17.6 Å². The molecule has 0 aliphatic rings. The van der Waals surface area contributed by atoms with Gasteiger partial charge in [0.05, 0.1) is 12.8 Å². The molecule has 0 aliphatic carbocycles. The van der Waals surface area contributed by atoms with E-state index in [1.165, 1.54) is 0 Å². The molecule has 0 amide bonds. The molecule has 0 radical (unpaired) electrons. The van der Waals surface area contributed by atoms with Crippen LogP contribution in [0.5, 0.6) is 5.75 Å². The first-order valence-corrected chi connectivity index (χ1v) is 6.03. The van der Waals surface area contributed by atoms with E-state index in [0.29, 0.717) is 12.5 Å². The molecule has 1 aromatic heterocycles. The first-order valence-electron chi connectivity index (χ1n) is 5.49. The van der Waals surface area contributed by atoms with Crippen molar-refractivity contribution in [2.75, 3.05) is 12.5 Å². The van der Waals surface area contributed by atoms with Crippen LogP contribution in [0.15, 0.2) is 18.5 Å². The molecule has 16 heavy (non-hydrogen) atoms. The first kappa shape index (κ1) is 12.9. The average molecular weight is 238 g/mol. The number of hydrogen-bond donors (Lipinski definition) is 0. The van der Waals surface area contributed by atoms with E-state index in [2.05, 4.69) is 23.7 Å². The van der Waals surface area contributed by atoms with Crippen molar-refractivity contribution in [1.29, 1.82) is 0 Å². The number of hydrogen-bond acceptors (Lipinski definition) is 2. The fourth-order valence-electron chi connectivity index (χ4n) is 1.11. The summed E-state index contributed by atoms with van der Waals surface area (Å²) in [6, 6.07) is 1.91. The molecular formula is C13H16ClNO. The molecule has 0 bridgehead atoms. The standard InChI is InChI=1S/C13H16ClNO/c1-2-8-16-13-9-12(10-15-11-13)6-4-3-5-7-14/h9-11H,2-3,5,7-8H2,1H3. The zero-order valence-electron chi connectivity index (χ0n) is 9.50. The van der Waals surface area contributed by atoms with Gasteiger partial charge in [0.2, 0.25) is 0 Å². The topological polar surface area (TPSA) is 22.1 Å². The second-order valence-electron chi connectivity index (χ2n) is 3.35. The fourth-order valence-corrected chi connectivity index (χ4v) is 1.24. The molecule has 0 aliphatic heterocycles. The minimum atomic E-state index is 0.659. The molecule has 0 fully saturated rings. The zero-order valence-corrected chi connectivity index (χ0v) is 10.3. The van der Waals surface area contributed by atoms with Crippen LogP contribution in [0.4, 0.5) is 0 Å². The number of aromatic nitrogens is 1. The molecule has 0 aromatic carbocycles. The van der Waals surface area contributed by atoms with Gasteiger partial charge in [-0.25, -0.2) is 0 Å². The van der Waals surface area contributed by atoms with E-state index in [4.69, 9.17) is 16.3 Å². The molecule has 3 heteroatoms. The van der Waals surface area contributed by atoms with Crippen molar-refractivity contribution >= 4 is 11.6 Å². The van der Waals surface area contributed by atoms with Crippen LogP contribution >= 0.6 is 11.6 Å². The molecule has 2 nitrogen and oxygen atoms in total. The minimum Gasteiger partial charge on any atom is -0.492 e. The van der Waals surface area contributed by atoms with Crippen LogP contribution in [0.2, 0.25) is 0 Å². The van der Waals surface area contributed by atoms with Gasteiger partial charge in [0, 0.05) is 24.1 Å². The molecule has 0 atom stereocenters. The monoisotopic (exact) mass is 237 g/mol. The fraction of sp³-hybridized carbons (Fsp3) is 0.462. The molecule has 0 saturated carbocycles. The van der Waals surface area contributed by atoms with Crippen molar-refractivity contribution in [3.05, 3.63) is 24.0 Å². The van der Waals surface area contributed by atoms with Gasteiger partial charge in [0.1, 0.15) is 5.75 Å². The van der Waals surface area contributed by atoms with Gasteiger partial charge in [-0.3, -0.25) is 4.98 Å². The van der Waals surface area contributed by atoms with Gasteiger partial charge in [-0.1, -0.05) is 18.8 Å². The Morgan fingerprint density at radius 3 is 3.06 bits per heavy atom. The van der Waals surface area contributed by atoms with E-state index in [9.17, 15) is 0 Å². The lowest BCUT2D eigenvalue weighted by atomic mass is 10.2. The Hall–Kier alpha value is -1.20. The summed E-state index contributed by atoms with van der Waals surface area (Å²) >= 11 is 5.57. The van der Waals surface area contributed by atoms with Crippen LogP contribution < -0.4 is 4.74 Å². The SMILES string of the molecule is CCCOc1cncc(C#CCCCCl)c1. The number of halogens is 1. The normalized spacial score (nSPS) is 9.38. The van der Waals surface area contributed by atoms with E-state index < -0.39 is 0 Å². The van der Waals surface area contributed by atoms with E-state index in [0.717, 1.165) is 30.6 Å². The molecule has 1 aromatic rings. The summed E-state index contributed by atoms with van der Waals surface area (Å²) in [7, 11) is 0. The Kier molecular flexibility index (Phi) is 6.44. The Labute approximate surface area is 102 Å². The number of unbranched alkanes of at least 4 members (excludes halogenated alkanes) is 1. The molecule has 0 N–H and O–H groups in total. The number of rotatable bonds is 5. The number of pyridine rings is 1. The lowest BCUT2D eigenvalue weighted by Gasteiger charge is -2.03. The largest absolute Gasteiger partial charge is 0.492 e. The highest BCUT2D eigenvalue weighted by Gasteiger charge is 1.94. The second-order valence-corrected chi connectivity index (χ2v) is 3.73. The third kappa shape index (κ3) is 5.04. The summed E-state index contributed by atoms with van der Waals surface area (Å²) in [4.78, 5) is 4.08. The maximum absolute atomic E-state index is 5.57. The Balaban J connectivity index is 2.55. The highest BCUT2D eigenvalue weighted by Crippen LogP contribution is 2.10. The number of ether oxygens (including phenoxy) is 1. The van der Waals surface area contributed by atoms with Gasteiger partial charge in [-0.15, -0.1) is 11.6 Å². The van der Waals surface area contributed by atoms with Gasteiger partial charge in [0.15, 0.2) is 0 Å². The molecule has 0 unspecified atom stereocenters. The predicted molar refractivity (Wildman–Crippen MR) is 66.9 cm³/mol. The van der Waals surface area contributed by atoms with Crippen LogP contribution in [0.1, 0.15) is 31.7 Å². The summed E-state index contributed by atoms with van der Waals surface area (Å²) in [6.45, 7) is 2.79. The number of nitrogens with zero attached hydrogens (tertiary/aromatic N) is 1. The van der Waals surface area contributed by atoms with E-state index in [1.807, 2.05) is 6.07 Å². The first-order chi connectivity index (χ1) is 7.86. The van der Waals surface area contributed by atoms with Crippen molar-refractivity contribution in [3.63, 3.8) is 0 Å². The maximum Gasteiger partial charge on any atom is 0.138 e. The van der Waals surface area contributed by atoms with Crippen LogP contribution in [0.25, 0.3) is 0 Å². The van der Waals surface area contributed by atoms with Gasteiger partial charge in [-0.2, -0.15) is 0 Å². The van der Waals surface area contributed by atoms with Crippen LogP contribution in [0, 0.1) is 11.8 Å². The van der Waals surface area contributed by atoms with E-state index >= 15 is 0 Å². The van der Waals surface area contributed by atoms with Crippen molar-refractivity contribution in [1.82, 2.24) is 4.98 Å². The van der Waals surface area contributed by atoms with Crippen LogP contribution in [-0.2, 0) is 0 Å². The lowest BCUT2D eigenvalue weighted by molar-refractivity contribution is 0.316. The lowest BCUT2D eigenvalue weighted by Crippen LogP contribution is -1.95. The van der Waals surface area contributed by atoms with Gasteiger partial charge < -0.3 is 4.74 Å². The van der Waals surface area contributed by atoms with Crippen LogP contribution in [0.3, 0.4) is 0 Å². The van der Waals surface area contributed by atoms with Crippen molar-refractivity contribution < 1.29 is 4.74 Å². The third-order valence-electron chi connectivity index (χ3n) is 1.85. The summed E-state index contributed by atoms with van der Waals surface area (Å²) in [5, 5.41) is 0. The quantitative estimate of drug-likeness (QED) is 0.446. The van der Waals surface area contributed by atoms with E-state index in [-0.39, 0.29) is 0 Å². The molecule has 1 rings (SSSR count). The zero-order chi connectivity index (χ0) is 11.6. The highest BCUT2D eigenvalue weighted by molar-refractivity contribution is 6.17. The summed E-state index contributed by atoms with van der Waals surface area (Å²) in [6.07, 6.45) is 6.19. The van der Waals surface area contributed by atoms with E-state index in [1.54, 1.807) is 12.4 Å².